The molecule has 2 rings (SSSR count). The zero-order valence-corrected chi connectivity index (χ0v) is 12.0. The molecule has 0 N–H and O–H groups in total. The Morgan fingerprint density at radius 2 is 1.18 bits per heavy atom. The summed E-state index contributed by atoms with van der Waals surface area (Å²) in [6.45, 7) is 4.42. The molecule has 0 aliphatic rings. The molecular weight excluding hydrogens is 247 g/mol. The molecule has 2 aromatic carbocycles. The van der Waals surface area contributed by atoms with Crippen LogP contribution >= 0.6 is 17.2 Å². The Morgan fingerprint density at radius 3 is 1.47 bits per heavy atom. The molecule has 0 amide bonds. The van der Waals surface area contributed by atoms with E-state index in [-0.39, 0.29) is 0 Å². The quantitative estimate of drug-likeness (QED) is 0.736. The average molecular weight is 265 g/mol. The molecule has 0 radical (unpaired) electrons. The molecule has 2 aromatic rings. The fourth-order valence-electron chi connectivity index (χ4n) is 2.14. The van der Waals surface area contributed by atoms with Crippen molar-refractivity contribution < 1.29 is 0 Å². The van der Waals surface area contributed by atoms with Crippen LogP contribution in [0, 0.1) is 0 Å². The fourth-order valence-corrected chi connectivity index (χ4v) is 5.73. The molecule has 2 heteroatoms. The first-order chi connectivity index (χ1) is 8.07. The summed E-state index contributed by atoms with van der Waals surface area (Å²) in [5, 5.41) is 2.54. The molecule has 0 bridgehead atoms. The Hall–Kier alpha value is -0.840. The molecule has 0 fully saturated rings. The van der Waals surface area contributed by atoms with E-state index in [0.717, 1.165) is 6.16 Å². The summed E-state index contributed by atoms with van der Waals surface area (Å²) in [6.07, 6.45) is 0.973. The third kappa shape index (κ3) is 2.12. The van der Waals surface area contributed by atoms with Crippen LogP contribution in [0.1, 0.15) is 6.92 Å². The maximum absolute atomic E-state index is 7.16. The summed E-state index contributed by atoms with van der Waals surface area (Å²) in [5.74, 6) is -2.49. The number of rotatable bonds is 3. The van der Waals surface area contributed by atoms with Gasteiger partial charge in [0.05, 0.1) is 0 Å². The molecule has 0 aliphatic carbocycles. The molecule has 0 atom stereocenters. The summed E-state index contributed by atoms with van der Waals surface area (Å²) >= 11 is 7.16. The summed E-state index contributed by atoms with van der Waals surface area (Å²) in [7, 11) is 0. The van der Waals surface area contributed by atoms with Gasteiger partial charge in [-0.15, -0.1) is 0 Å². The first-order valence-electron chi connectivity index (χ1n) is 5.91. The van der Waals surface area contributed by atoms with Crippen molar-refractivity contribution in [1.82, 2.24) is 0 Å². The third-order valence-corrected chi connectivity index (χ3v) is 10.3. The molecule has 17 heavy (non-hydrogen) atoms. The average Bonchev–Trinajstić information content (AvgIpc) is 2.41. The van der Waals surface area contributed by atoms with Crippen LogP contribution in [0.5, 0.6) is 0 Å². The second kappa shape index (κ2) is 4.44. The molecule has 0 spiro atoms. The van der Waals surface area contributed by atoms with Gasteiger partial charge in [-0.3, -0.25) is 0 Å². The van der Waals surface area contributed by atoms with Gasteiger partial charge in [0.15, 0.2) is 0 Å². The number of halogens is 1. The van der Waals surface area contributed by atoms with Gasteiger partial charge in [0.1, 0.15) is 0 Å². The van der Waals surface area contributed by atoms with Crippen molar-refractivity contribution in [3.63, 3.8) is 0 Å². The van der Waals surface area contributed by atoms with Gasteiger partial charge in [-0.1, -0.05) is 0 Å². The number of hydrogen-bond acceptors (Lipinski definition) is 0. The molecular formula is C15H18ClP. The van der Waals surface area contributed by atoms with E-state index in [9.17, 15) is 0 Å². The van der Waals surface area contributed by atoms with Crippen LogP contribution in [0.4, 0.5) is 0 Å². The van der Waals surface area contributed by atoms with Crippen LogP contribution in [0.2, 0.25) is 0 Å². The SMILES string of the molecule is CCP(C)(Cl)(c1ccccc1)c1ccccc1. The predicted octanol–water partition coefficient (Wildman–Crippen LogP) is 3.99. The van der Waals surface area contributed by atoms with Crippen molar-refractivity contribution in [3.8, 4) is 0 Å². The fraction of sp³-hybridized carbons (Fsp3) is 0.200. The summed E-state index contributed by atoms with van der Waals surface area (Å²) in [5.41, 5.74) is 0. The topological polar surface area (TPSA) is 0 Å². The Bertz CT molecular complexity index is 447. The normalized spacial score (nSPS) is 13.9. The summed E-state index contributed by atoms with van der Waals surface area (Å²) in [6, 6.07) is 21.0. The van der Waals surface area contributed by atoms with Gasteiger partial charge in [0.25, 0.3) is 0 Å². The summed E-state index contributed by atoms with van der Waals surface area (Å²) in [4.78, 5) is 0. The first-order valence-corrected chi connectivity index (χ1v) is 9.68. The zero-order valence-electron chi connectivity index (χ0n) is 10.3. The van der Waals surface area contributed by atoms with Gasteiger partial charge >= 0.3 is 108 Å². The maximum atomic E-state index is 7.16. The molecule has 0 nitrogen and oxygen atoms in total. The minimum absolute atomic E-state index is 0.973. The van der Waals surface area contributed by atoms with Gasteiger partial charge < -0.3 is 0 Å². The second-order valence-corrected chi connectivity index (χ2v) is 12.3. The number of hydrogen-bond donors (Lipinski definition) is 0. The van der Waals surface area contributed by atoms with Crippen LogP contribution in [0.3, 0.4) is 0 Å². The van der Waals surface area contributed by atoms with Crippen LogP contribution in [0.15, 0.2) is 60.7 Å². The van der Waals surface area contributed by atoms with Crippen LogP contribution in [-0.4, -0.2) is 12.8 Å². The van der Waals surface area contributed by atoms with Gasteiger partial charge in [0, 0.05) is 0 Å². The van der Waals surface area contributed by atoms with Crippen molar-refractivity contribution in [2.45, 2.75) is 6.92 Å². The minimum atomic E-state index is -2.49. The Balaban J connectivity index is 2.65. The third-order valence-electron chi connectivity index (χ3n) is 3.60. The summed E-state index contributed by atoms with van der Waals surface area (Å²) < 4.78 is 0. The molecule has 90 valence electrons. The van der Waals surface area contributed by atoms with Crippen LogP contribution in [-0.2, 0) is 0 Å². The van der Waals surface area contributed by atoms with Crippen molar-refractivity contribution >= 4 is 27.8 Å². The van der Waals surface area contributed by atoms with E-state index in [2.05, 4.69) is 62.1 Å². The van der Waals surface area contributed by atoms with Crippen molar-refractivity contribution in [2.75, 3.05) is 12.8 Å². The van der Waals surface area contributed by atoms with Gasteiger partial charge in [-0.05, 0) is 0 Å². The van der Waals surface area contributed by atoms with Crippen molar-refractivity contribution in [2.24, 2.45) is 0 Å². The van der Waals surface area contributed by atoms with E-state index in [1.807, 2.05) is 12.1 Å². The van der Waals surface area contributed by atoms with Crippen LogP contribution < -0.4 is 10.6 Å². The van der Waals surface area contributed by atoms with E-state index in [0.29, 0.717) is 0 Å². The van der Waals surface area contributed by atoms with Gasteiger partial charge in [0.2, 0.25) is 0 Å². The predicted molar refractivity (Wildman–Crippen MR) is 81.4 cm³/mol. The molecule has 0 aromatic heterocycles. The molecule has 0 aliphatic heterocycles. The Kier molecular flexibility index (Phi) is 3.30. The molecule has 0 heterocycles. The number of benzene rings is 2. The van der Waals surface area contributed by atoms with Crippen molar-refractivity contribution in [3.05, 3.63) is 60.7 Å². The molecule has 0 unspecified atom stereocenters. The van der Waals surface area contributed by atoms with Crippen LogP contribution in [0.25, 0.3) is 0 Å². The van der Waals surface area contributed by atoms with E-state index in [1.54, 1.807) is 0 Å². The standard InChI is InChI=1S/C15H18ClP/c1-3-17(2,16,14-10-6-4-7-11-14)15-12-8-5-9-13-15/h4-13H,3H2,1-2H3. The first kappa shape index (κ1) is 12.6. The van der Waals surface area contributed by atoms with Gasteiger partial charge in [-0.25, -0.2) is 0 Å². The van der Waals surface area contributed by atoms with Gasteiger partial charge in [-0.2, -0.15) is 0 Å². The second-order valence-electron chi connectivity index (χ2n) is 4.64. The zero-order chi connectivity index (χ0) is 12.4. The molecule has 0 saturated carbocycles. The van der Waals surface area contributed by atoms with E-state index < -0.39 is 5.96 Å². The molecule has 0 saturated heterocycles. The van der Waals surface area contributed by atoms with Crippen molar-refractivity contribution in [1.29, 1.82) is 0 Å². The monoisotopic (exact) mass is 264 g/mol. The Morgan fingerprint density at radius 1 is 0.824 bits per heavy atom. The van der Waals surface area contributed by atoms with E-state index in [4.69, 9.17) is 11.2 Å². The van der Waals surface area contributed by atoms with E-state index in [1.165, 1.54) is 10.6 Å². The Labute approximate surface area is 108 Å². The van der Waals surface area contributed by atoms with E-state index >= 15 is 0 Å².